The summed E-state index contributed by atoms with van der Waals surface area (Å²) in [5, 5.41) is 12.3. The lowest BCUT2D eigenvalue weighted by molar-refractivity contribution is 0.322. The van der Waals surface area contributed by atoms with Crippen molar-refractivity contribution in [2.75, 3.05) is 33.1 Å². The lowest BCUT2D eigenvalue weighted by Gasteiger charge is -2.22. The summed E-state index contributed by atoms with van der Waals surface area (Å²) in [7, 11) is 8.13. The molecular formula is C17H23N3O. The highest BCUT2D eigenvalue weighted by Crippen LogP contribution is 2.35. The van der Waals surface area contributed by atoms with Gasteiger partial charge in [-0.1, -0.05) is 17.3 Å². The lowest BCUT2D eigenvalue weighted by Crippen LogP contribution is -2.13. The molecule has 1 N–H and O–H groups in total. The largest absolute Gasteiger partial charge is 0.411 e. The van der Waals surface area contributed by atoms with E-state index in [0.717, 1.165) is 28.8 Å². The molecule has 0 aliphatic heterocycles. The second kappa shape index (κ2) is 6.04. The van der Waals surface area contributed by atoms with Gasteiger partial charge in [0.15, 0.2) is 0 Å². The third-order valence-corrected chi connectivity index (χ3v) is 3.87. The van der Waals surface area contributed by atoms with Gasteiger partial charge in [-0.25, -0.2) is 0 Å². The van der Waals surface area contributed by atoms with E-state index in [1.54, 1.807) is 0 Å². The van der Waals surface area contributed by atoms with E-state index in [2.05, 4.69) is 46.2 Å². The van der Waals surface area contributed by atoms with Gasteiger partial charge in [-0.2, -0.15) is 0 Å². The number of rotatable bonds is 4. The molecule has 0 atom stereocenters. The summed E-state index contributed by atoms with van der Waals surface area (Å²) < 4.78 is 0. The van der Waals surface area contributed by atoms with Crippen LogP contribution in [-0.4, -0.2) is 44.5 Å². The van der Waals surface area contributed by atoms with Crippen LogP contribution in [0.3, 0.4) is 0 Å². The standard InChI is InChI=1S/C17H23N3O/c1-12-15(11-18-21)13(9-10-16(12)19(2)3)14-7-6-8-17(14)20(4)5/h6,8-11,21H,7H2,1-5H3. The highest BCUT2D eigenvalue weighted by Gasteiger charge is 2.18. The number of nitrogens with zero attached hydrogens (tertiary/aromatic N) is 3. The number of hydrogen-bond donors (Lipinski definition) is 1. The summed E-state index contributed by atoms with van der Waals surface area (Å²) in [6, 6.07) is 4.24. The number of anilines is 1. The molecule has 1 aromatic carbocycles. The van der Waals surface area contributed by atoms with E-state index >= 15 is 0 Å². The third-order valence-electron chi connectivity index (χ3n) is 3.87. The van der Waals surface area contributed by atoms with Crippen molar-refractivity contribution in [3.05, 3.63) is 46.7 Å². The highest BCUT2D eigenvalue weighted by molar-refractivity contribution is 5.93. The molecule has 1 aliphatic rings. The molecule has 4 nitrogen and oxygen atoms in total. The van der Waals surface area contributed by atoms with Crippen LogP contribution < -0.4 is 4.90 Å². The van der Waals surface area contributed by atoms with Gasteiger partial charge in [-0.05, 0) is 42.2 Å². The maximum absolute atomic E-state index is 9.03. The van der Waals surface area contributed by atoms with Crippen molar-refractivity contribution in [3.8, 4) is 0 Å². The molecule has 0 saturated carbocycles. The Morgan fingerprint density at radius 1 is 1.14 bits per heavy atom. The Morgan fingerprint density at radius 3 is 2.43 bits per heavy atom. The molecular weight excluding hydrogens is 262 g/mol. The zero-order valence-corrected chi connectivity index (χ0v) is 13.4. The Hall–Kier alpha value is -2.23. The smallest absolute Gasteiger partial charge is 0.0743 e. The van der Waals surface area contributed by atoms with Crippen LogP contribution in [0.5, 0.6) is 0 Å². The van der Waals surface area contributed by atoms with E-state index in [-0.39, 0.29) is 0 Å². The summed E-state index contributed by atoms with van der Waals surface area (Å²) in [5.74, 6) is 0. The second-order valence-electron chi connectivity index (χ2n) is 5.67. The topological polar surface area (TPSA) is 39.1 Å². The molecule has 1 aliphatic carbocycles. The van der Waals surface area contributed by atoms with Gasteiger partial charge in [0, 0.05) is 45.1 Å². The van der Waals surface area contributed by atoms with Crippen LogP contribution >= 0.6 is 0 Å². The minimum atomic E-state index is 0.903. The molecule has 0 fully saturated rings. The van der Waals surface area contributed by atoms with Crippen LogP contribution in [0.15, 0.2) is 35.1 Å². The highest BCUT2D eigenvalue weighted by atomic mass is 16.4. The first-order valence-corrected chi connectivity index (χ1v) is 7.03. The molecule has 0 amide bonds. The number of benzene rings is 1. The summed E-state index contributed by atoms with van der Waals surface area (Å²) in [6.45, 7) is 2.06. The van der Waals surface area contributed by atoms with Crippen molar-refractivity contribution in [2.45, 2.75) is 13.3 Å². The fraction of sp³-hybridized carbons (Fsp3) is 0.353. The van der Waals surface area contributed by atoms with E-state index in [9.17, 15) is 0 Å². The van der Waals surface area contributed by atoms with E-state index in [1.807, 2.05) is 28.2 Å². The average Bonchev–Trinajstić information content (AvgIpc) is 2.90. The van der Waals surface area contributed by atoms with Crippen LogP contribution in [0.2, 0.25) is 0 Å². The Bertz CT molecular complexity index is 625. The molecule has 0 spiro atoms. The molecule has 0 heterocycles. The van der Waals surface area contributed by atoms with Gasteiger partial charge in [0.1, 0.15) is 0 Å². The van der Waals surface area contributed by atoms with Gasteiger partial charge in [0.2, 0.25) is 0 Å². The molecule has 0 bridgehead atoms. The monoisotopic (exact) mass is 285 g/mol. The van der Waals surface area contributed by atoms with Crippen molar-refractivity contribution in [3.63, 3.8) is 0 Å². The van der Waals surface area contributed by atoms with Crippen molar-refractivity contribution >= 4 is 17.5 Å². The SMILES string of the molecule is Cc1c(N(C)C)ccc(C2=C(N(C)C)C=CC2)c1C=NO. The van der Waals surface area contributed by atoms with Crippen molar-refractivity contribution in [1.29, 1.82) is 0 Å². The number of likely N-dealkylation sites (N-methyl/N-ethyl adjacent to an activating group) is 1. The molecule has 0 aromatic heterocycles. The van der Waals surface area contributed by atoms with Crippen LogP contribution in [-0.2, 0) is 0 Å². The molecule has 21 heavy (non-hydrogen) atoms. The third kappa shape index (κ3) is 2.79. The van der Waals surface area contributed by atoms with Crippen molar-refractivity contribution < 1.29 is 5.21 Å². The molecule has 4 heteroatoms. The molecule has 112 valence electrons. The number of allylic oxidation sites excluding steroid dienone is 3. The fourth-order valence-corrected chi connectivity index (χ4v) is 2.85. The predicted molar refractivity (Wildman–Crippen MR) is 89.3 cm³/mol. The molecule has 0 saturated heterocycles. The summed E-state index contributed by atoms with van der Waals surface area (Å²) >= 11 is 0. The first-order chi connectivity index (χ1) is 9.97. The van der Waals surface area contributed by atoms with Crippen LogP contribution in [0.4, 0.5) is 5.69 Å². The lowest BCUT2D eigenvalue weighted by atomic mass is 9.93. The van der Waals surface area contributed by atoms with Crippen LogP contribution in [0.1, 0.15) is 23.1 Å². The van der Waals surface area contributed by atoms with E-state index in [4.69, 9.17) is 5.21 Å². The quantitative estimate of drug-likeness (QED) is 0.525. The van der Waals surface area contributed by atoms with Crippen molar-refractivity contribution in [2.24, 2.45) is 5.16 Å². The van der Waals surface area contributed by atoms with Gasteiger partial charge in [0.05, 0.1) is 6.21 Å². The fourth-order valence-electron chi connectivity index (χ4n) is 2.85. The summed E-state index contributed by atoms with van der Waals surface area (Å²) in [5.41, 5.74) is 6.83. The zero-order chi connectivity index (χ0) is 15.6. The van der Waals surface area contributed by atoms with Crippen molar-refractivity contribution in [1.82, 2.24) is 4.90 Å². The van der Waals surface area contributed by atoms with E-state index in [1.165, 1.54) is 17.5 Å². The maximum Gasteiger partial charge on any atom is 0.0743 e. The van der Waals surface area contributed by atoms with Crippen LogP contribution in [0.25, 0.3) is 5.57 Å². The number of hydrogen-bond acceptors (Lipinski definition) is 4. The molecule has 0 unspecified atom stereocenters. The van der Waals surface area contributed by atoms with E-state index in [0.29, 0.717) is 0 Å². The van der Waals surface area contributed by atoms with Crippen LogP contribution in [0, 0.1) is 6.92 Å². The maximum atomic E-state index is 9.03. The molecule has 0 radical (unpaired) electrons. The minimum Gasteiger partial charge on any atom is -0.411 e. The zero-order valence-electron chi connectivity index (χ0n) is 13.4. The minimum absolute atomic E-state index is 0.903. The Morgan fingerprint density at radius 2 is 1.86 bits per heavy atom. The van der Waals surface area contributed by atoms with Gasteiger partial charge < -0.3 is 15.0 Å². The Kier molecular flexibility index (Phi) is 4.36. The summed E-state index contributed by atoms with van der Waals surface area (Å²) in [6.07, 6.45) is 6.75. The Labute approximate surface area is 126 Å². The first-order valence-electron chi connectivity index (χ1n) is 7.03. The molecule has 2 rings (SSSR count). The van der Waals surface area contributed by atoms with Gasteiger partial charge in [-0.15, -0.1) is 0 Å². The molecule has 1 aromatic rings. The summed E-state index contributed by atoms with van der Waals surface area (Å²) in [4.78, 5) is 4.19. The van der Waals surface area contributed by atoms with E-state index < -0.39 is 0 Å². The van der Waals surface area contributed by atoms with Gasteiger partial charge >= 0.3 is 0 Å². The predicted octanol–water partition coefficient (Wildman–Crippen LogP) is 3.10. The first kappa shape index (κ1) is 15.2. The average molecular weight is 285 g/mol. The second-order valence-corrected chi connectivity index (χ2v) is 5.67. The van der Waals surface area contributed by atoms with Gasteiger partial charge in [0.25, 0.3) is 0 Å². The van der Waals surface area contributed by atoms with Gasteiger partial charge in [-0.3, -0.25) is 0 Å². The normalized spacial score (nSPS) is 14.3. The Balaban J connectivity index is 2.65. The number of oxime groups is 1.